The molecule has 0 bridgehead atoms. The van der Waals surface area contributed by atoms with E-state index in [1.807, 2.05) is 25.3 Å². The lowest BCUT2D eigenvalue weighted by molar-refractivity contribution is -0.148. The largest absolute Gasteiger partial charge is 0.469 e. The Balaban J connectivity index is 1.65. The van der Waals surface area contributed by atoms with Gasteiger partial charge in [-0.05, 0) is 56.7 Å². The molecule has 0 spiro atoms. The van der Waals surface area contributed by atoms with Crippen molar-refractivity contribution in [3.8, 4) is 0 Å². The van der Waals surface area contributed by atoms with Crippen LogP contribution in [0.3, 0.4) is 0 Å². The highest BCUT2D eigenvalue weighted by Crippen LogP contribution is 2.39. The highest BCUT2D eigenvalue weighted by Gasteiger charge is 2.51. The first-order valence-corrected chi connectivity index (χ1v) is 11.6. The van der Waals surface area contributed by atoms with Crippen LogP contribution in [0, 0.1) is 11.8 Å². The highest BCUT2D eigenvalue weighted by molar-refractivity contribution is 7.98. The zero-order valence-electron chi connectivity index (χ0n) is 16.7. The van der Waals surface area contributed by atoms with E-state index in [0.717, 1.165) is 50.0 Å². The number of aryl methyl sites for hydroxylation is 1. The van der Waals surface area contributed by atoms with Gasteiger partial charge in [-0.1, -0.05) is 12.8 Å². The van der Waals surface area contributed by atoms with Crippen LogP contribution in [0.2, 0.25) is 0 Å². The average Bonchev–Trinajstić information content (AvgIpc) is 3.29. The minimum atomic E-state index is -0.705. The van der Waals surface area contributed by atoms with Gasteiger partial charge in [0.05, 0.1) is 18.1 Å². The van der Waals surface area contributed by atoms with Crippen molar-refractivity contribution in [2.75, 3.05) is 12.0 Å². The molecule has 0 aromatic carbocycles. The van der Waals surface area contributed by atoms with Crippen LogP contribution in [0.25, 0.3) is 0 Å². The Bertz CT molecular complexity index is 667. The van der Waals surface area contributed by atoms with Gasteiger partial charge in [0.1, 0.15) is 11.8 Å². The van der Waals surface area contributed by atoms with Gasteiger partial charge in [-0.2, -0.15) is 11.8 Å². The maximum atomic E-state index is 13.0. The molecule has 6 nitrogen and oxygen atoms in total. The first-order valence-electron chi connectivity index (χ1n) is 10.2. The van der Waals surface area contributed by atoms with E-state index in [4.69, 9.17) is 4.42 Å². The summed E-state index contributed by atoms with van der Waals surface area (Å²) in [5.41, 5.74) is 0. The maximum absolute atomic E-state index is 13.0. The lowest BCUT2D eigenvalue weighted by atomic mass is 9.81. The van der Waals surface area contributed by atoms with Crippen molar-refractivity contribution in [1.82, 2.24) is 10.2 Å². The molecule has 4 atom stereocenters. The molecule has 0 radical (unpaired) electrons. The average molecular weight is 407 g/mol. The highest BCUT2D eigenvalue weighted by atomic mass is 32.2. The number of carbonyl (C=O) groups is 3. The number of rotatable bonds is 9. The molecule has 2 aliphatic rings. The van der Waals surface area contributed by atoms with Crippen molar-refractivity contribution in [1.29, 1.82) is 0 Å². The first kappa shape index (κ1) is 21.0. The van der Waals surface area contributed by atoms with Crippen LogP contribution in [0.4, 0.5) is 0 Å². The molecule has 3 rings (SSSR count). The summed E-state index contributed by atoms with van der Waals surface area (Å²) in [5, 5.41) is 3.01. The number of thioether (sulfide) groups is 1. The quantitative estimate of drug-likeness (QED) is 0.638. The lowest BCUT2D eigenvalue weighted by Gasteiger charge is -2.27. The Morgan fingerprint density at radius 3 is 2.50 bits per heavy atom. The zero-order valence-corrected chi connectivity index (χ0v) is 17.5. The van der Waals surface area contributed by atoms with Crippen molar-refractivity contribution in [2.45, 2.75) is 64.0 Å². The van der Waals surface area contributed by atoms with Gasteiger partial charge in [0.25, 0.3) is 0 Å². The molecule has 154 valence electrons. The molecule has 28 heavy (non-hydrogen) atoms. The molecule has 1 N–H and O–H groups in total. The fraction of sp³-hybridized carbons (Fsp3) is 0.667. The topological polar surface area (TPSA) is 79.6 Å². The summed E-state index contributed by atoms with van der Waals surface area (Å²) < 4.78 is 5.34. The lowest BCUT2D eigenvalue weighted by Crippen LogP contribution is -2.52. The van der Waals surface area contributed by atoms with Crippen LogP contribution >= 0.6 is 11.8 Å². The minimum absolute atomic E-state index is 0.0653. The smallest absolute Gasteiger partial charge is 0.243 e. The van der Waals surface area contributed by atoms with Crippen LogP contribution in [0.1, 0.15) is 51.2 Å². The van der Waals surface area contributed by atoms with E-state index < -0.39 is 6.04 Å². The van der Waals surface area contributed by atoms with E-state index in [9.17, 15) is 14.4 Å². The number of nitrogens with zero attached hydrogens (tertiary/aromatic N) is 1. The summed E-state index contributed by atoms with van der Waals surface area (Å²) in [6, 6.07) is 2.99. The van der Waals surface area contributed by atoms with E-state index in [-0.39, 0.29) is 35.6 Å². The Labute approximate surface area is 170 Å². The van der Waals surface area contributed by atoms with E-state index >= 15 is 0 Å². The first-order chi connectivity index (χ1) is 13.5. The second kappa shape index (κ2) is 9.63. The second-order valence-electron chi connectivity index (χ2n) is 7.87. The van der Waals surface area contributed by atoms with Crippen LogP contribution < -0.4 is 5.32 Å². The standard InChI is InChI=1S/C21H30N2O4S/c1-14(9-10-15-6-5-12-27-15)22-19(24)18(11-13-28-2)23-20(25)16-7-3-4-8-17(16)21(23)26/h5-6,12,14,16-18H,3-4,7-11,13H2,1-2H3,(H,22,24). The molecule has 4 unspecified atom stereocenters. The van der Waals surface area contributed by atoms with Crippen molar-refractivity contribution < 1.29 is 18.8 Å². The summed E-state index contributed by atoms with van der Waals surface area (Å²) in [6.07, 6.45) is 9.07. The molecule has 7 heteroatoms. The fourth-order valence-corrected chi connectivity index (χ4v) is 4.79. The third-order valence-electron chi connectivity index (χ3n) is 5.88. The zero-order chi connectivity index (χ0) is 20.1. The third kappa shape index (κ3) is 4.62. The van der Waals surface area contributed by atoms with Crippen LogP contribution in [0.5, 0.6) is 0 Å². The number of carbonyl (C=O) groups excluding carboxylic acids is 3. The summed E-state index contributed by atoms with van der Waals surface area (Å²) in [7, 11) is 0. The fourth-order valence-electron chi connectivity index (χ4n) is 4.33. The summed E-state index contributed by atoms with van der Waals surface area (Å²) >= 11 is 1.62. The Hall–Kier alpha value is -1.76. The van der Waals surface area contributed by atoms with E-state index in [1.54, 1.807) is 18.0 Å². The van der Waals surface area contributed by atoms with Crippen molar-refractivity contribution >= 4 is 29.5 Å². The summed E-state index contributed by atoms with van der Waals surface area (Å²) in [6.45, 7) is 1.94. The van der Waals surface area contributed by atoms with Crippen molar-refractivity contribution in [2.24, 2.45) is 11.8 Å². The van der Waals surface area contributed by atoms with E-state index in [1.165, 1.54) is 4.90 Å². The summed E-state index contributed by atoms with van der Waals surface area (Å²) in [4.78, 5) is 40.2. The predicted octanol–water partition coefficient (Wildman–Crippen LogP) is 3.01. The number of amides is 3. The van der Waals surface area contributed by atoms with Gasteiger partial charge >= 0.3 is 0 Å². The molecule has 3 amide bonds. The number of fused-ring (bicyclic) bond motifs is 1. The number of hydrogen-bond acceptors (Lipinski definition) is 5. The number of nitrogens with one attached hydrogen (secondary N) is 1. The minimum Gasteiger partial charge on any atom is -0.469 e. The van der Waals surface area contributed by atoms with Gasteiger partial charge < -0.3 is 9.73 Å². The molecule has 1 aliphatic carbocycles. The SMILES string of the molecule is CSCCC(C(=O)NC(C)CCc1ccco1)N1C(=O)C2CCCCC2C1=O. The van der Waals surface area contributed by atoms with Gasteiger partial charge in [0, 0.05) is 12.5 Å². The molecule has 1 saturated carbocycles. The van der Waals surface area contributed by atoms with Crippen LogP contribution in [-0.4, -0.2) is 46.7 Å². The van der Waals surface area contributed by atoms with Gasteiger partial charge in [0.15, 0.2) is 0 Å². The van der Waals surface area contributed by atoms with Gasteiger partial charge in [-0.15, -0.1) is 0 Å². The van der Waals surface area contributed by atoms with E-state index in [0.29, 0.717) is 6.42 Å². The van der Waals surface area contributed by atoms with Crippen molar-refractivity contribution in [3.05, 3.63) is 24.2 Å². The number of hydrogen-bond donors (Lipinski definition) is 1. The molecule has 2 fully saturated rings. The Kier molecular flexibility index (Phi) is 7.21. The number of furan rings is 1. The maximum Gasteiger partial charge on any atom is 0.243 e. The molecule has 2 heterocycles. The van der Waals surface area contributed by atoms with Gasteiger partial charge in [-0.25, -0.2) is 0 Å². The Morgan fingerprint density at radius 2 is 1.93 bits per heavy atom. The Morgan fingerprint density at radius 1 is 1.25 bits per heavy atom. The van der Waals surface area contributed by atoms with E-state index in [2.05, 4.69) is 5.32 Å². The predicted molar refractivity (Wildman–Crippen MR) is 109 cm³/mol. The monoisotopic (exact) mass is 406 g/mol. The second-order valence-corrected chi connectivity index (χ2v) is 8.85. The third-order valence-corrected chi connectivity index (χ3v) is 6.52. The van der Waals surface area contributed by atoms with Gasteiger partial charge in [-0.3, -0.25) is 19.3 Å². The van der Waals surface area contributed by atoms with Crippen LogP contribution in [-0.2, 0) is 20.8 Å². The van der Waals surface area contributed by atoms with Crippen LogP contribution in [0.15, 0.2) is 22.8 Å². The number of imide groups is 1. The molecule has 1 aliphatic heterocycles. The molecular weight excluding hydrogens is 376 g/mol. The molecule has 1 saturated heterocycles. The van der Waals surface area contributed by atoms with Gasteiger partial charge in [0.2, 0.25) is 17.7 Å². The molecule has 1 aromatic rings. The number of likely N-dealkylation sites (tertiary alicyclic amines) is 1. The molecular formula is C21H30N2O4S. The summed E-state index contributed by atoms with van der Waals surface area (Å²) in [5.74, 6) is 0.670. The van der Waals surface area contributed by atoms with Crippen molar-refractivity contribution in [3.63, 3.8) is 0 Å². The normalized spacial score (nSPS) is 24.1. The molecule has 1 aromatic heterocycles.